The number of carbonyl (C=O) groups excluding carboxylic acids is 1. The molecule has 3 heterocycles. The highest BCUT2D eigenvalue weighted by molar-refractivity contribution is 7.90. The van der Waals surface area contributed by atoms with Crippen LogP contribution in [-0.4, -0.2) is 47.5 Å². The number of amides is 1. The molecule has 0 bridgehead atoms. The Hall–Kier alpha value is -3.47. The van der Waals surface area contributed by atoms with Crippen LogP contribution in [0.1, 0.15) is 69.6 Å². The van der Waals surface area contributed by atoms with Crippen LogP contribution in [-0.2, 0) is 20.2 Å². The summed E-state index contributed by atoms with van der Waals surface area (Å²) < 4.78 is 27.9. The predicted molar refractivity (Wildman–Crippen MR) is 138 cm³/mol. The largest absolute Gasteiger partial charge is 0.478 e. The fraction of sp³-hybridized carbons (Fsp3) is 0.440. The van der Waals surface area contributed by atoms with Crippen molar-refractivity contribution in [2.45, 2.75) is 63.9 Å². The fourth-order valence-corrected chi connectivity index (χ4v) is 5.14. The third kappa shape index (κ3) is 5.51. The number of carboxylic acids is 1. The molecule has 0 aromatic carbocycles. The van der Waals surface area contributed by atoms with Crippen LogP contribution in [0.15, 0.2) is 35.4 Å². The SMILES string of the molecule is CC1CCN(c2nc(C(C)(C)C)c(/C=C/C(=O)O)cc2C(=O)NS(=O)(=O)c2cccc(N)n2)C1(C)C. The number of nitrogen functional groups attached to an aromatic ring is 1. The van der Waals surface area contributed by atoms with E-state index in [1.807, 2.05) is 25.7 Å². The lowest BCUT2D eigenvalue weighted by molar-refractivity contribution is -0.131. The summed E-state index contributed by atoms with van der Waals surface area (Å²) in [6.07, 6.45) is 3.19. The number of carboxylic acid groups (broad SMARTS) is 1. The molecule has 194 valence electrons. The number of pyridine rings is 2. The summed E-state index contributed by atoms with van der Waals surface area (Å²) in [5, 5.41) is 8.79. The molecule has 0 saturated carbocycles. The minimum Gasteiger partial charge on any atom is -0.478 e. The molecule has 1 amide bonds. The Labute approximate surface area is 211 Å². The van der Waals surface area contributed by atoms with Gasteiger partial charge in [0, 0.05) is 23.6 Å². The molecule has 11 heteroatoms. The van der Waals surface area contributed by atoms with Crippen LogP contribution in [0.2, 0.25) is 0 Å². The Morgan fingerprint density at radius 2 is 1.92 bits per heavy atom. The van der Waals surface area contributed by atoms with Gasteiger partial charge in [0.25, 0.3) is 15.9 Å². The van der Waals surface area contributed by atoms with Crippen molar-refractivity contribution in [3.63, 3.8) is 0 Å². The minimum atomic E-state index is -4.34. The van der Waals surface area contributed by atoms with E-state index < -0.39 is 32.3 Å². The molecule has 1 saturated heterocycles. The zero-order valence-electron chi connectivity index (χ0n) is 21.4. The van der Waals surface area contributed by atoms with Gasteiger partial charge in [-0.05, 0) is 56.0 Å². The molecule has 1 aliphatic heterocycles. The fourth-order valence-electron chi connectivity index (χ4n) is 4.20. The Kier molecular flexibility index (Phi) is 7.18. The van der Waals surface area contributed by atoms with Gasteiger partial charge >= 0.3 is 5.97 Å². The van der Waals surface area contributed by atoms with Gasteiger partial charge in [0.05, 0.1) is 11.3 Å². The maximum absolute atomic E-state index is 13.5. The lowest BCUT2D eigenvalue weighted by Crippen LogP contribution is -2.44. The molecule has 1 atom stereocenters. The second-order valence-electron chi connectivity index (χ2n) is 10.5. The van der Waals surface area contributed by atoms with Crippen LogP contribution in [0.25, 0.3) is 6.08 Å². The quantitative estimate of drug-likeness (QED) is 0.492. The van der Waals surface area contributed by atoms with Gasteiger partial charge in [0.15, 0.2) is 5.03 Å². The summed E-state index contributed by atoms with van der Waals surface area (Å²) in [6, 6.07) is 5.60. The highest BCUT2D eigenvalue weighted by Crippen LogP contribution is 2.40. The number of nitrogens with two attached hydrogens (primary N) is 1. The number of anilines is 2. The van der Waals surface area contributed by atoms with E-state index in [9.17, 15) is 23.1 Å². The number of rotatable bonds is 6. The third-order valence-electron chi connectivity index (χ3n) is 6.58. The summed E-state index contributed by atoms with van der Waals surface area (Å²) in [5.41, 5.74) is 5.78. The van der Waals surface area contributed by atoms with Crippen molar-refractivity contribution in [2.24, 2.45) is 5.92 Å². The minimum absolute atomic E-state index is 0.00360. The lowest BCUT2D eigenvalue weighted by atomic mass is 9.87. The standard InChI is InChI=1S/C25H33N5O5S/c1-15-12-13-30(25(15,5)6)22-17(14-16(10-11-20(31)32)21(28-22)24(2,3)4)23(33)29-36(34,35)19-9-7-8-18(26)27-19/h7-11,14-15H,12-13H2,1-6H3,(H2,26,27)(H,29,33)(H,31,32)/b11-10+. The summed E-state index contributed by atoms with van der Waals surface area (Å²) >= 11 is 0. The van der Waals surface area contributed by atoms with Crippen molar-refractivity contribution in [1.29, 1.82) is 0 Å². The zero-order valence-corrected chi connectivity index (χ0v) is 22.2. The van der Waals surface area contributed by atoms with E-state index in [0.717, 1.165) is 12.5 Å². The van der Waals surface area contributed by atoms with Crippen molar-refractivity contribution in [2.75, 3.05) is 17.2 Å². The Morgan fingerprint density at radius 1 is 1.25 bits per heavy atom. The van der Waals surface area contributed by atoms with Crippen LogP contribution in [0, 0.1) is 5.92 Å². The molecule has 0 spiro atoms. The molecule has 0 radical (unpaired) electrons. The van der Waals surface area contributed by atoms with E-state index >= 15 is 0 Å². The number of nitrogens with one attached hydrogen (secondary N) is 1. The van der Waals surface area contributed by atoms with Gasteiger partial charge in [-0.25, -0.2) is 19.5 Å². The molecule has 0 aliphatic carbocycles. The average Bonchev–Trinajstić information content (AvgIpc) is 3.02. The molecular weight excluding hydrogens is 482 g/mol. The topological polar surface area (TPSA) is 156 Å². The smallest absolute Gasteiger partial charge is 0.328 e. The van der Waals surface area contributed by atoms with Crippen LogP contribution in [0.5, 0.6) is 0 Å². The van der Waals surface area contributed by atoms with Gasteiger partial charge in [-0.1, -0.05) is 33.8 Å². The number of carbonyl (C=O) groups is 2. The highest BCUT2D eigenvalue weighted by Gasteiger charge is 2.41. The third-order valence-corrected chi connectivity index (χ3v) is 7.82. The first-order chi connectivity index (χ1) is 16.5. The van der Waals surface area contributed by atoms with Gasteiger partial charge in [-0.2, -0.15) is 8.42 Å². The summed E-state index contributed by atoms with van der Waals surface area (Å²) in [5.74, 6) is -1.43. The summed E-state index contributed by atoms with van der Waals surface area (Å²) in [7, 11) is -4.34. The van der Waals surface area contributed by atoms with Crippen molar-refractivity contribution in [3.8, 4) is 0 Å². The molecule has 1 fully saturated rings. The van der Waals surface area contributed by atoms with Gasteiger partial charge in [-0.15, -0.1) is 0 Å². The number of nitrogens with zero attached hydrogens (tertiary/aromatic N) is 3. The van der Waals surface area contributed by atoms with E-state index in [2.05, 4.69) is 30.5 Å². The second kappa shape index (κ2) is 9.53. The Morgan fingerprint density at radius 3 is 2.44 bits per heavy atom. The first-order valence-corrected chi connectivity index (χ1v) is 13.1. The summed E-state index contributed by atoms with van der Waals surface area (Å²) in [6.45, 7) is 12.6. The van der Waals surface area contributed by atoms with Crippen molar-refractivity contribution < 1.29 is 23.1 Å². The van der Waals surface area contributed by atoms with Gasteiger partial charge in [0.2, 0.25) is 0 Å². The zero-order chi connectivity index (χ0) is 27.1. The van der Waals surface area contributed by atoms with Crippen molar-refractivity contribution in [1.82, 2.24) is 14.7 Å². The number of sulfonamides is 1. The molecular formula is C25H33N5O5S. The number of hydrogen-bond donors (Lipinski definition) is 3. The van der Waals surface area contributed by atoms with E-state index in [4.69, 9.17) is 10.7 Å². The Bertz CT molecular complexity index is 1330. The van der Waals surface area contributed by atoms with Crippen LogP contribution in [0.3, 0.4) is 0 Å². The van der Waals surface area contributed by atoms with Crippen LogP contribution < -0.4 is 15.4 Å². The summed E-state index contributed by atoms with van der Waals surface area (Å²) in [4.78, 5) is 35.4. The Balaban J connectivity index is 2.21. The average molecular weight is 516 g/mol. The van der Waals surface area contributed by atoms with Gasteiger partial charge < -0.3 is 15.7 Å². The molecule has 2 aromatic heterocycles. The molecule has 2 aromatic rings. The van der Waals surface area contributed by atoms with Gasteiger partial charge in [-0.3, -0.25) is 4.79 Å². The van der Waals surface area contributed by atoms with E-state index in [-0.39, 0.29) is 16.9 Å². The first kappa shape index (κ1) is 27.1. The van der Waals surface area contributed by atoms with E-state index in [1.54, 1.807) is 0 Å². The van der Waals surface area contributed by atoms with Crippen LogP contribution >= 0.6 is 0 Å². The molecule has 1 aliphatic rings. The van der Waals surface area contributed by atoms with Crippen LogP contribution in [0.4, 0.5) is 11.6 Å². The molecule has 36 heavy (non-hydrogen) atoms. The number of aliphatic carboxylic acids is 1. The molecule has 4 N–H and O–H groups in total. The maximum Gasteiger partial charge on any atom is 0.328 e. The monoisotopic (exact) mass is 515 g/mol. The van der Waals surface area contributed by atoms with E-state index in [1.165, 1.54) is 30.3 Å². The highest BCUT2D eigenvalue weighted by atomic mass is 32.2. The molecule has 10 nitrogen and oxygen atoms in total. The number of aromatic nitrogens is 2. The molecule has 3 rings (SSSR count). The van der Waals surface area contributed by atoms with Crippen molar-refractivity contribution in [3.05, 3.63) is 47.2 Å². The van der Waals surface area contributed by atoms with Crippen molar-refractivity contribution >= 4 is 39.6 Å². The number of hydrogen-bond acceptors (Lipinski definition) is 8. The van der Waals surface area contributed by atoms with Gasteiger partial charge in [0.1, 0.15) is 11.6 Å². The second-order valence-corrected chi connectivity index (χ2v) is 12.2. The lowest BCUT2D eigenvalue weighted by Gasteiger charge is -2.37. The predicted octanol–water partition coefficient (Wildman–Crippen LogP) is 3.20. The first-order valence-electron chi connectivity index (χ1n) is 11.6. The van der Waals surface area contributed by atoms with E-state index in [0.29, 0.717) is 29.5 Å². The maximum atomic E-state index is 13.5. The molecule has 1 unspecified atom stereocenters. The normalized spacial score (nSPS) is 17.9.